The van der Waals surface area contributed by atoms with E-state index in [1.807, 2.05) is 87.5 Å². The van der Waals surface area contributed by atoms with Gasteiger partial charge in [-0.1, -0.05) is 65.1 Å². The molecule has 5 rings (SSSR count). The van der Waals surface area contributed by atoms with E-state index in [4.69, 9.17) is 49.3 Å². The maximum Gasteiger partial charge on any atom is 0.271 e. The van der Waals surface area contributed by atoms with E-state index in [-0.39, 0.29) is 12.5 Å². The molecule has 0 bridgehead atoms. The smallest absolute Gasteiger partial charge is 0.271 e. The van der Waals surface area contributed by atoms with Gasteiger partial charge in [0.05, 0.1) is 27.4 Å². The summed E-state index contributed by atoms with van der Waals surface area (Å²) < 4.78 is 12.7. The largest absolute Gasteiger partial charge is 0.490 e. The zero-order valence-corrected chi connectivity index (χ0v) is 28.1. The van der Waals surface area contributed by atoms with Crippen LogP contribution in [0.3, 0.4) is 0 Å². The number of hydrogen-bond acceptors (Lipinski definition) is 5. The monoisotopic (exact) mass is 714 g/mol. The minimum atomic E-state index is -0.227. The Morgan fingerprint density at radius 3 is 2.33 bits per heavy atom. The van der Waals surface area contributed by atoms with Crippen LogP contribution in [0.25, 0.3) is 6.08 Å². The van der Waals surface area contributed by atoms with Crippen LogP contribution in [-0.2, 0) is 11.4 Å². The molecule has 0 spiro atoms. The lowest BCUT2D eigenvalue weighted by Gasteiger charge is -2.17. The van der Waals surface area contributed by atoms with Crippen molar-refractivity contribution in [2.24, 2.45) is 4.99 Å². The first kappa shape index (κ1) is 31.5. The number of carbonyl (C=O) groups excluding carboxylic acids is 1. The average molecular weight is 717 g/mol. The van der Waals surface area contributed by atoms with E-state index in [0.717, 1.165) is 22.3 Å². The van der Waals surface area contributed by atoms with Crippen molar-refractivity contribution in [3.8, 4) is 11.5 Å². The number of amidine groups is 1. The first-order valence-electron chi connectivity index (χ1n) is 13.3. The molecule has 0 unspecified atom stereocenters. The highest BCUT2D eigenvalue weighted by molar-refractivity contribution is 9.10. The molecule has 0 atom stereocenters. The Bertz CT molecular complexity index is 1780. The molecule has 220 valence electrons. The second-order valence-corrected chi connectivity index (χ2v) is 12.7. The van der Waals surface area contributed by atoms with Crippen LogP contribution in [0, 0.1) is 13.8 Å². The van der Waals surface area contributed by atoms with Gasteiger partial charge in [0.2, 0.25) is 0 Å². The fourth-order valence-corrected chi connectivity index (χ4v) is 6.37. The van der Waals surface area contributed by atoms with Crippen molar-refractivity contribution in [3.63, 3.8) is 0 Å². The summed E-state index contributed by atoms with van der Waals surface area (Å²) in [7, 11) is 0. The Balaban J connectivity index is 1.52. The van der Waals surface area contributed by atoms with Crippen LogP contribution in [0.15, 0.2) is 87.2 Å². The molecule has 1 saturated heterocycles. The standard InChI is InChI=1S/C33H26BrCl3N2O3S/c1-4-41-29-14-21(13-25(34)31(29)42-18-22-7-5-6-8-26(22)35)15-30-32(40)39(24-12-10-20(3)28(37)17-24)33(43-30)38-23-11-9-19(2)27(36)16-23/h5-17H,4,18H2,1-3H3/b30-15+,38-33?. The van der Waals surface area contributed by atoms with E-state index < -0.39 is 0 Å². The molecule has 0 N–H and O–H groups in total. The van der Waals surface area contributed by atoms with Gasteiger partial charge in [-0.25, -0.2) is 4.99 Å². The van der Waals surface area contributed by atoms with Gasteiger partial charge in [-0.15, -0.1) is 0 Å². The fraction of sp³-hybridized carbons (Fsp3) is 0.152. The Hall–Kier alpha value is -2.94. The number of thioether (sulfide) groups is 1. The van der Waals surface area contributed by atoms with E-state index in [1.54, 1.807) is 17.0 Å². The molecule has 4 aromatic rings. The molecule has 1 aliphatic rings. The number of amides is 1. The number of anilines is 1. The van der Waals surface area contributed by atoms with Crippen molar-refractivity contribution in [1.82, 2.24) is 0 Å². The van der Waals surface area contributed by atoms with Gasteiger partial charge < -0.3 is 9.47 Å². The lowest BCUT2D eigenvalue weighted by molar-refractivity contribution is -0.113. The second kappa shape index (κ2) is 13.8. The fourth-order valence-electron chi connectivity index (χ4n) is 4.25. The summed E-state index contributed by atoms with van der Waals surface area (Å²) in [5.74, 6) is 0.857. The minimum Gasteiger partial charge on any atom is -0.490 e. The van der Waals surface area contributed by atoms with Crippen LogP contribution < -0.4 is 14.4 Å². The number of hydrogen-bond donors (Lipinski definition) is 0. The molecule has 10 heteroatoms. The molecule has 43 heavy (non-hydrogen) atoms. The maximum absolute atomic E-state index is 13.9. The number of benzene rings is 4. The van der Waals surface area contributed by atoms with Crippen molar-refractivity contribution in [3.05, 3.63) is 119 Å². The van der Waals surface area contributed by atoms with Gasteiger partial charge in [0.1, 0.15) is 6.61 Å². The van der Waals surface area contributed by atoms with Gasteiger partial charge in [0, 0.05) is 20.6 Å². The lowest BCUT2D eigenvalue weighted by Crippen LogP contribution is -2.28. The van der Waals surface area contributed by atoms with Crippen LogP contribution in [0.2, 0.25) is 15.1 Å². The molecule has 4 aromatic carbocycles. The Kier molecular flexibility index (Phi) is 10.1. The van der Waals surface area contributed by atoms with Gasteiger partial charge in [0.25, 0.3) is 5.91 Å². The van der Waals surface area contributed by atoms with Gasteiger partial charge in [-0.2, -0.15) is 0 Å². The first-order valence-corrected chi connectivity index (χ1v) is 16.1. The van der Waals surface area contributed by atoms with E-state index in [1.165, 1.54) is 11.8 Å². The van der Waals surface area contributed by atoms with Gasteiger partial charge in [-0.3, -0.25) is 9.69 Å². The number of rotatable bonds is 8. The number of nitrogens with zero attached hydrogens (tertiary/aromatic N) is 2. The Labute approximate surface area is 278 Å². The molecule has 1 aliphatic heterocycles. The number of ether oxygens (including phenoxy) is 2. The third-order valence-corrected chi connectivity index (χ3v) is 9.30. The summed E-state index contributed by atoms with van der Waals surface area (Å²) in [6.45, 7) is 6.44. The topological polar surface area (TPSA) is 51.1 Å². The van der Waals surface area contributed by atoms with Crippen LogP contribution in [0.4, 0.5) is 11.4 Å². The van der Waals surface area contributed by atoms with E-state index in [0.29, 0.717) is 59.1 Å². The van der Waals surface area contributed by atoms with E-state index in [2.05, 4.69) is 15.9 Å². The number of aliphatic imine (C=N–C) groups is 1. The number of aryl methyl sites for hydroxylation is 2. The zero-order valence-electron chi connectivity index (χ0n) is 23.5. The molecule has 5 nitrogen and oxygen atoms in total. The first-order chi connectivity index (χ1) is 20.6. The highest BCUT2D eigenvalue weighted by atomic mass is 79.9. The summed E-state index contributed by atoms with van der Waals surface area (Å²) in [5, 5.41) is 2.27. The van der Waals surface area contributed by atoms with Crippen molar-refractivity contribution in [2.45, 2.75) is 27.4 Å². The molecule has 1 heterocycles. The van der Waals surface area contributed by atoms with Gasteiger partial charge >= 0.3 is 0 Å². The molecule has 0 radical (unpaired) electrons. The normalized spacial score (nSPS) is 15.0. The molecule has 0 aromatic heterocycles. The predicted octanol–water partition coefficient (Wildman–Crippen LogP) is 10.8. The third-order valence-electron chi connectivity index (χ3n) is 6.56. The highest BCUT2D eigenvalue weighted by Crippen LogP contribution is 2.42. The molecule has 0 aliphatic carbocycles. The summed E-state index contributed by atoms with van der Waals surface area (Å²) in [4.78, 5) is 20.7. The molecular weight excluding hydrogens is 691 g/mol. The molecule has 1 amide bonds. The summed E-state index contributed by atoms with van der Waals surface area (Å²) in [5.41, 5.74) is 4.71. The van der Waals surface area contributed by atoms with Crippen LogP contribution >= 0.6 is 62.5 Å². The quantitative estimate of drug-likeness (QED) is 0.170. The highest BCUT2D eigenvalue weighted by Gasteiger charge is 2.35. The van der Waals surface area contributed by atoms with Crippen molar-refractivity contribution in [1.29, 1.82) is 0 Å². The van der Waals surface area contributed by atoms with E-state index >= 15 is 0 Å². The van der Waals surface area contributed by atoms with Crippen molar-refractivity contribution in [2.75, 3.05) is 11.5 Å². The Morgan fingerprint density at radius 2 is 1.63 bits per heavy atom. The maximum atomic E-state index is 13.9. The predicted molar refractivity (Wildman–Crippen MR) is 184 cm³/mol. The molecular formula is C33H26BrCl3N2O3S. The Morgan fingerprint density at radius 1 is 0.907 bits per heavy atom. The van der Waals surface area contributed by atoms with Crippen LogP contribution in [-0.4, -0.2) is 17.7 Å². The number of carbonyl (C=O) groups is 1. The summed E-state index contributed by atoms with van der Waals surface area (Å²) >= 11 is 24.0. The van der Waals surface area contributed by atoms with Gasteiger partial charge in [-0.05, 0) is 114 Å². The SMILES string of the molecule is CCOc1cc(/C=C2/SC(=Nc3ccc(C)c(Cl)c3)N(c3ccc(C)c(Cl)c3)C2=O)cc(Br)c1OCc1ccccc1Cl. The zero-order chi connectivity index (χ0) is 30.7. The third kappa shape index (κ3) is 7.24. The number of halogens is 4. The summed E-state index contributed by atoms with van der Waals surface area (Å²) in [6.07, 6.45) is 1.81. The van der Waals surface area contributed by atoms with Crippen LogP contribution in [0.1, 0.15) is 29.2 Å². The second-order valence-electron chi connectivity index (χ2n) is 9.66. The molecule has 1 fully saturated rings. The van der Waals surface area contributed by atoms with Crippen molar-refractivity contribution < 1.29 is 14.3 Å². The lowest BCUT2D eigenvalue weighted by atomic mass is 10.1. The van der Waals surface area contributed by atoms with Crippen molar-refractivity contribution >= 4 is 91.0 Å². The summed E-state index contributed by atoms with van der Waals surface area (Å²) in [6, 6.07) is 22.3. The van der Waals surface area contributed by atoms with Gasteiger partial charge in [0.15, 0.2) is 16.7 Å². The van der Waals surface area contributed by atoms with Crippen LogP contribution in [0.5, 0.6) is 11.5 Å². The molecule has 0 saturated carbocycles. The average Bonchev–Trinajstić information content (AvgIpc) is 3.26. The minimum absolute atomic E-state index is 0.227. The van der Waals surface area contributed by atoms with E-state index in [9.17, 15) is 4.79 Å².